The van der Waals surface area contributed by atoms with Crippen LogP contribution in [0.5, 0.6) is 0 Å². The molecular formula is C27H27ClFN5O. The van der Waals surface area contributed by atoms with Crippen LogP contribution in [-0.2, 0) is 13.0 Å². The van der Waals surface area contributed by atoms with Gasteiger partial charge >= 0.3 is 0 Å². The summed E-state index contributed by atoms with van der Waals surface area (Å²) in [6, 6.07) is 18.6. The second kappa shape index (κ2) is 9.96. The maximum atomic E-state index is 13.2. The Morgan fingerprint density at radius 3 is 2.17 bits per heavy atom. The SMILES string of the molecule is CCc1nc2c(Cl)cccn2c1C(=O)NCc1ccc(N2CCN(c3ccc(F)cc3)CC2)cc1. The zero-order valence-electron chi connectivity index (χ0n) is 19.5. The van der Waals surface area contributed by atoms with Crippen molar-refractivity contribution in [3.05, 3.63) is 94.7 Å². The van der Waals surface area contributed by atoms with Gasteiger partial charge in [-0.3, -0.25) is 9.20 Å². The van der Waals surface area contributed by atoms with E-state index in [1.165, 1.54) is 12.1 Å². The number of carbonyl (C=O) groups excluding carboxylic acids is 1. The largest absolute Gasteiger partial charge is 0.368 e. The van der Waals surface area contributed by atoms with Gasteiger partial charge in [-0.1, -0.05) is 30.7 Å². The van der Waals surface area contributed by atoms with Crippen LogP contribution in [0.1, 0.15) is 28.7 Å². The molecule has 0 spiro atoms. The van der Waals surface area contributed by atoms with Gasteiger partial charge in [0.2, 0.25) is 0 Å². The molecule has 1 amide bonds. The molecule has 0 saturated carbocycles. The van der Waals surface area contributed by atoms with Crippen molar-refractivity contribution in [2.24, 2.45) is 0 Å². The predicted octanol–water partition coefficient (Wildman–Crippen LogP) is 4.95. The van der Waals surface area contributed by atoms with E-state index in [0.29, 0.717) is 29.3 Å². The van der Waals surface area contributed by atoms with Crippen LogP contribution in [0.15, 0.2) is 66.9 Å². The quantitative estimate of drug-likeness (QED) is 0.415. The van der Waals surface area contributed by atoms with Gasteiger partial charge in [-0.15, -0.1) is 0 Å². The first-order valence-electron chi connectivity index (χ1n) is 11.8. The van der Waals surface area contributed by atoms with Crippen molar-refractivity contribution in [2.75, 3.05) is 36.0 Å². The smallest absolute Gasteiger partial charge is 0.270 e. The highest BCUT2D eigenvalue weighted by Gasteiger charge is 2.20. The second-order valence-electron chi connectivity index (χ2n) is 8.61. The molecule has 1 saturated heterocycles. The van der Waals surface area contributed by atoms with E-state index >= 15 is 0 Å². The molecule has 0 aliphatic carbocycles. The number of hydrogen-bond donors (Lipinski definition) is 1. The molecule has 0 atom stereocenters. The molecule has 1 aliphatic rings. The molecule has 0 bridgehead atoms. The molecule has 6 nitrogen and oxygen atoms in total. The van der Waals surface area contributed by atoms with Crippen molar-refractivity contribution < 1.29 is 9.18 Å². The first kappa shape index (κ1) is 23.2. The zero-order valence-corrected chi connectivity index (χ0v) is 20.3. The lowest BCUT2D eigenvalue weighted by molar-refractivity contribution is 0.0944. The van der Waals surface area contributed by atoms with Crippen LogP contribution in [0, 0.1) is 5.82 Å². The summed E-state index contributed by atoms with van der Waals surface area (Å²) in [4.78, 5) is 22.2. The number of hydrogen-bond acceptors (Lipinski definition) is 4. The number of nitrogens with one attached hydrogen (secondary N) is 1. The third kappa shape index (κ3) is 4.82. The van der Waals surface area contributed by atoms with Gasteiger partial charge in [0, 0.05) is 50.3 Å². The van der Waals surface area contributed by atoms with E-state index in [9.17, 15) is 9.18 Å². The fourth-order valence-electron chi connectivity index (χ4n) is 4.53. The Morgan fingerprint density at radius 1 is 0.971 bits per heavy atom. The monoisotopic (exact) mass is 491 g/mol. The minimum absolute atomic E-state index is 0.169. The van der Waals surface area contributed by atoms with E-state index in [4.69, 9.17) is 11.6 Å². The van der Waals surface area contributed by atoms with Crippen molar-refractivity contribution >= 4 is 34.5 Å². The molecule has 0 unspecified atom stereocenters. The average Bonchev–Trinajstić information content (AvgIpc) is 3.28. The number of pyridine rings is 1. The molecule has 2 aromatic heterocycles. The van der Waals surface area contributed by atoms with Crippen LogP contribution < -0.4 is 15.1 Å². The molecular weight excluding hydrogens is 465 g/mol. The van der Waals surface area contributed by atoms with Gasteiger partial charge in [-0.25, -0.2) is 9.37 Å². The fourth-order valence-corrected chi connectivity index (χ4v) is 4.74. The van der Waals surface area contributed by atoms with Crippen molar-refractivity contribution in [3.63, 3.8) is 0 Å². The summed E-state index contributed by atoms with van der Waals surface area (Å²) in [5, 5.41) is 3.55. The molecule has 1 fully saturated rings. The number of rotatable bonds is 6. The molecule has 1 aliphatic heterocycles. The van der Waals surface area contributed by atoms with E-state index in [0.717, 1.165) is 48.8 Å². The summed E-state index contributed by atoms with van der Waals surface area (Å²) in [6.45, 7) is 5.95. The van der Waals surface area contributed by atoms with Crippen molar-refractivity contribution in [1.29, 1.82) is 0 Å². The number of carbonyl (C=O) groups is 1. The van der Waals surface area contributed by atoms with E-state index in [-0.39, 0.29) is 11.7 Å². The Bertz CT molecular complexity index is 1330. The number of halogens is 2. The highest BCUT2D eigenvalue weighted by Crippen LogP contribution is 2.23. The van der Waals surface area contributed by atoms with Crippen molar-refractivity contribution in [1.82, 2.24) is 14.7 Å². The predicted molar refractivity (Wildman–Crippen MR) is 138 cm³/mol. The standard InChI is InChI=1S/C27H27ClFN5O/c1-2-24-25(34-13-3-4-23(28)26(34)31-24)27(35)30-18-19-5-9-21(10-6-19)32-14-16-33(17-15-32)22-11-7-20(29)8-12-22/h3-13H,2,14-18H2,1H3,(H,30,35). The summed E-state index contributed by atoms with van der Waals surface area (Å²) in [7, 11) is 0. The summed E-state index contributed by atoms with van der Waals surface area (Å²) in [5.74, 6) is -0.380. The van der Waals surface area contributed by atoms with Crippen LogP contribution in [-0.4, -0.2) is 41.5 Å². The fraction of sp³-hybridized carbons (Fsp3) is 0.259. The van der Waals surface area contributed by atoms with Crippen LogP contribution >= 0.6 is 11.6 Å². The van der Waals surface area contributed by atoms with E-state index in [1.54, 1.807) is 10.5 Å². The second-order valence-corrected chi connectivity index (χ2v) is 9.02. The summed E-state index contributed by atoms with van der Waals surface area (Å²) in [6.07, 6.45) is 2.46. The lowest BCUT2D eigenvalue weighted by Crippen LogP contribution is -2.46. The number of fused-ring (bicyclic) bond motifs is 1. The molecule has 8 heteroatoms. The molecule has 2 aromatic carbocycles. The number of amides is 1. The molecule has 180 valence electrons. The van der Waals surface area contributed by atoms with Gasteiger partial charge < -0.3 is 15.1 Å². The van der Waals surface area contributed by atoms with Crippen molar-refractivity contribution in [2.45, 2.75) is 19.9 Å². The van der Waals surface area contributed by atoms with Gasteiger partial charge in [-0.2, -0.15) is 0 Å². The number of aromatic nitrogens is 2. The summed E-state index contributed by atoms with van der Waals surface area (Å²) >= 11 is 6.27. The minimum atomic E-state index is -0.211. The third-order valence-electron chi connectivity index (χ3n) is 6.45. The Kier molecular flexibility index (Phi) is 6.59. The Hall–Kier alpha value is -3.58. The molecule has 5 rings (SSSR count). The van der Waals surface area contributed by atoms with Crippen LogP contribution in [0.2, 0.25) is 5.02 Å². The average molecular weight is 492 g/mol. The Labute approximate surface area is 208 Å². The number of imidazole rings is 1. The topological polar surface area (TPSA) is 52.9 Å². The maximum Gasteiger partial charge on any atom is 0.270 e. The van der Waals surface area contributed by atoms with Crippen LogP contribution in [0.4, 0.5) is 15.8 Å². The van der Waals surface area contributed by atoms with E-state index in [2.05, 4.69) is 32.2 Å². The van der Waals surface area contributed by atoms with Gasteiger partial charge in [0.15, 0.2) is 5.65 Å². The zero-order chi connectivity index (χ0) is 24.4. The van der Waals surface area contributed by atoms with Gasteiger partial charge in [0.25, 0.3) is 5.91 Å². The number of nitrogens with zero attached hydrogens (tertiary/aromatic N) is 4. The molecule has 0 radical (unpaired) electrons. The number of piperazine rings is 1. The third-order valence-corrected chi connectivity index (χ3v) is 6.75. The van der Waals surface area contributed by atoms with Gasteiger partial charge in [0.05, 0.1) is 10.7 Å². The Balaban J connectivity index is 1.20. The number of benzene rings is 2. The molecule has 1 N–H and O–H groups in total. The number of aryl methyl sites for hydroxylation is 1. The summed E-state index contributed by atoms with van der Waals surface area (Å²) < 4.78 is 14.9. The molecule has 3 heterocycles. The molecule has 35 heavy (non-hydrogen) atoms. The minimum Gasteiger partial charge on any atom is -0.368 e. The van der Waals surface area contributed by atoms with E-state index in [1.807, 2.05) is 43.5 Å². The van der Waals surface area contributed by atoms with Crippen LogP contribution in [0.3, 0.4) is 0 Å². The highest BCUT2D eigenvalue weighted by molar-refractivity contribution is 6.33. The summed E-state index contributed by atoms with van der Waals surface area (Å²) in [5.41, 5.74) is 5.09. The molecule has 4 aromatic rings. The van der Waals surface area contributed by atoms with Gasteiger partial charge in [-0.05, 0) is 60.5 Å². The van der Waals surface area contributed by atoms with E-state index < -0.39 is 0 Å². The normalized spacial score (nSPS) is 13.9. The first-order chi connectivity index (χ1) is 17.0. The Morgan fingerprint density at radius 2 is 1.57 bits per heavy atom. The first-order valence-corrected chi connectivity index (χ1v) is 12.2. The van der Waals surface area contributed by atoms with Gasteiger partial charge in [0.1, 0.15) is 11.5 Å². The lowest BCUT2D eigenvalue weighted by Gasteiger charge is -2.37. The highest BCUT2D eigenvalue weighted by atomic mass is 35.5. The van der Waals surface area contributed by atoms with Crippen LogP contribution in [0.25, 0.3) is 5.65 Å². The number of anilines is 2. The van der Waals surface area contributed by atoms with Crippen molar-refractivity contribution in [3.8, 4) is 0 Å². The lowest BCUT2D eigenvalue weighted by atomic mass is 10.1. The maximum absolute atomic E-state index is 13.2.